The molecule has 1 aliphatic rings. The number of hydrazine groups is 1. The third-order valence-corrected chi connectivity index (χ3v) is 5.53. The molecule has 29 heavy (non-hydrogen) atoms. The number of benzene rings is 1. The highest BCUT2D eigenvalue weighted by molar-refractivity contribution is 9.10. The normalized spacial score (nSPS) is 13.6. The first kappa shape index (κ1) is 17.8. The molecule has 144 valence electrons. The molecule has 0 spiro atoms. The number of carbonyl (C=O) groups excluding carboxylic acids is 1. The van der Waals surface area contributed by atoms with Crippen molar-refractivity contribution < 1.29 is 4.79 Å². The molecule has 0 bridgehead atoms. The number of amides is 1. The molecule has 1 aromatic carbocycles. The van der Waals surface area contributed by atoms with Crippen molar-refractivity contribution in [1.82, 2.24) is 24.6 Å². The second-order valence-electron chi connectivity index (χ2n) is 6.86. The van der Waals surface area contributed by atoms with Gasteiger partial charge >= 0.3 is 0 Å². The van der Waals surface area contributed by atoms with Crippen molar-refractivity contribution in [3.05, 3.63) is 76.9 Å². The van der Waals surface area contributed by atoms with E-state index in [0.29, 0.717) is 17.9 Å². The van der Waals surface area contributed by atoms with Crippen molar-refractivity contribution in [2.24, 2.45) is 0 Å². The van der Waals surface area contributed by atoms with Crippen LogP contribution in [0.15, 0.2) is 65.7 Å². The molecule has 0 fully saturated rings. The van der Waals surface area contributed by atoms with Crippen molar-refractivity contribution >= 4 is 33.2 Å². The maximum Gasteiger partial charge on any atom is 0.292 e. The quantitative estimate of drug-likeness (QED) is 0.468. The number of anilines is 1. The van der Waals surface area contributed by atoms with E-state index in [0.717, 1.165) is 27.7 Å². The lowest BCUT2D eigenvalue weighted by Gasteiger charge is -2.39. The monoisotopic (exact) mass is 448 g/mol. The minimum atomic E-state index is -0.149. The highest BCUT2D eigenvalue weighted by Gasteiger charge is 2.30. The van der Waals surface area contributed by atoms with E-state index in [9.17, 15) is 4.79 Å². The van der Waals surface area contributed by atoms with Crippen LogP contribution in [0.25, 0.3) is 16.8 Å². The second-order valence-corrected chi connectivity index (χ2v) is 7.77. The molecule has 1 amide bonds. The van der Waals surface area contributed by atoms with Crippen LogP contribution in [-0.2, 0) is 6.42 Å². The Labute approximate surface area is 175 Å². The average Bonchev–Trinajstić information content (AvgIpc) is 3.17. The smallest absolute Gasteiger partial charge is 0.285 e. The topological polar surface area (TPSA) is 66.6 Å². The Morgan fingerprint density at radius 3 is 2.83 bits per heavy atom. The molecule has 0 unspecified atom stereocenters. The van der Waals surface area contributed by atoms with E-state index in [1.165, 1.54) is 5.56 Å². The first-order chi connectivity index (χ1) is 14.1. The predicted octanol–water partition coefficient (Wildman–Crippen LogP) is 3.60. The van der Waals surface area contributed by atoms with Crippen molar-refractivity contribution in [2.45, 2.75) is 6.42 Å². The number of aromatic nitrogens is 4. The lowest BCUT2D eigenvalue weighted by Crippen LogP contribution is -2.48. The molecule has 1 aliphatic heterocycles. The third kappa shape index (κ3) is 3.05. The van der Waals surface area contributed by atoms with Crippen LogP contribution in [0.3, 0.4) is 0 Å². The number of nitrogens with zero attached hydrogens (tertiary/aromatic N) is 6. The SMILES string of the molecule is CN1c2c(cccc2-c2ccncc2)CCN1C(=O)c1cc2ncc(Br)cn2n1. The minimum absolute atomic E-state index is 0.149. The molecule has 0 N–H and O–H groups in total. The Morgan fingerprint density at radius 1 is 1.17 bits per heavy atom. The fraction of sp³-hybridized carbons (Fsp3) is 0.143. The van der Waals surface area contributed by atoms with Gasteiger partial charge in [0, 0.05) is 50.0 Å². The van der Waals surface area contributed by atoms with Crippen molar-refractivity contribution in [1.29, 1.82) is 0 Å². The number of hydrogen-bond acceptors (Lipinski definition) is 5. The fourth-order valence-corrected chi connectivity index (χ4v) is 4.06. The summed E-state index contributed by atoms with van der Waals surface area (Å²) in [5, 5.41) is 8.09. The molecule has 4 heterocycles. The largest absolute Gasteiger partial charge is 0.292 e. The molecule has 0 aliphatic carbocycles. The molecule has 0 atom stereocenters. The maximum atomic E-state index is 13.3. The summed E-state index contributed by atoms with van der Waals surface area (Å²) < 4.78 is 2.41. The van der Waals surface area contributed by atoms with Crippen LogP contribution in [0.1, 0.15) is 16.1 Å². The van der Waals surface area contributed by atoms with Gasteiger partial charge in [-0.05, 0) is 45.6 Å². The summed E-state index contributed by atoms with van der Waals surface area (Å²) in [7, 11) is 1.92. The second kappa shape index (κ2) is 6.97. The molecule has 4 aromatic rings. The summed E-state index contributed by atoms with van der Waals surface area (Å²) in [6, 6.07) is 11.9. The van der Waals surface area contributed by atoms with Crippen molar-refractivity contribution in [3.8, 4) is 11.1 Å². The summed E-state index contributed by atoms with van der Waals surface area (Å²) in [4.78, 5) is 21.7. The molecule has 3 aromatic heterocycles. The molecule has 8 heteroatoms. The zero-order chi connectivity index (χ0) is 20.0. The van der Waals surface area contributed by atoms with Gasteiger partial charge in [0.25, 0.3) is 5.91 Å². The van der Waals surface area contributed by atoms with Crippen LogP contribution in [0.2, 0.25) is 0 Å². The average molecular weight is 449 g/mol. The van der Waals surface area contributed by atoms with E-state index in [-0.39, 0.29) is 5.91 Å². The Kier molecular flexibility index (Phi) is 4.28. The number of carbonyl (C=O) groups is 1. The van der Waals surface area contributed by atoms with Gasteiger partial charge in [0.1, 0.15) is 0 Å². The number of halogens is 1. The Balaban J connectivity index is 1.53. The van der Waals surface area contributed by atoms with Crippen LogP contribution in [-0.4, -0.2) is 44.1 Å². The van der Waals surface area contributed by atoms with Crippen LogP contribution >= 0.6 is 15.9 Å². The van der Waals surface area contributed by atoms with Gasteiger partial charge in [0.2, 0.25) is 0 Å². The minimum Gasteiger partial charge on any atom is -0.285 e. The Bertz CT molecular complexity index is 1220. The molecular formula is C21H17BrN6O. The number of pyridine rings is 1. The van der Waals surface area contributed by atoms with E-state index in [2.05, 4.69) is 49.2 Å². The van der Waals surface area contributed by atoms with E-state index in [1.807, 2.05) is 24.2 Å². The first-order valence-electron chi connectivity index (χ1n) is 9.20. The van der Waals surface area contributed by atoms with Gasteiger partial charge in [-0.2, -0.15) is 5.10 Å². The summed E-state index contributed by atoms with van der Waals surface area (Å²) in [5.74, 6) is -0.149. The lowest BCUT2D eigenvalue weighted by atomic mass is 9.97. The number of rotatable bonds is 2. The Morgan fingerprint density at radius 2 is 2.00 bits per heavy atom. The van der Waals surface area contributed by atoms with Gasteiger partial charge < -0.3 is 0 Å². The fourth-order valence-electron chi connectivity index (χ4n) is 3.77. The van der Waals surface area contributed by atoms with Crippen molar-refractivity contribution in [3.63, 3.8) is 0 Å². The molecule has 0 saturated heterocycles. The van der Waals surface area contributed by atoms with Crippen LogP contribution < -0.4 is 5.01 Å². The van der Waals surface area contributed by atoms with Gasteiger partial charge in [-0.1, -0.05) is 18.2 Å². The van der Waals surface area contributed by atoms with Crippen LogP contribution in [0, 0.1) is 0 Å². The third-order valence-electron chi connectivity index (χ3n) is 5.12. The van der Waals surface area contributed by atoms with E-state index >= 15 is 0 Å². The van der Waals surface area contributed by atoms with E-state index in [1.54, 1.807) is 40.4 Å². The highest BCUT2D eigenvalue weighted by Crippen LogP contribution is 2.37. The van der Waals surface area contributed by atoms with E-state index < -0.39 is 0 Å². The summed E-state index contributed by atoms with van der Waals surface area (Å²) in [6.45, 7) is 0.590. The van der Waals surface area contributed by atoms with Gasteiger partial charge in [0.05, 0.1) is 10.2 Å². The summed E-state index contributed by atoms with van der Waals surface area (Å²) in [6.07, 6.45) is 7.82. The molecule has 7 nitrogen and oxygen atoms in total. The zero-order valence-corrected chi connectivity index (χ0v) is 17.2. The zero-order valence-electron chi connectivity index (χ0n) is 15.7. The standard InChI is InChI=1S/C21H17BrN6O/c1-26-20-15(3-2-4-17(20)14-5-8-23-9-6-14)7-10-28(26)21(29)18-11-19-24-12-16(22)13-27(19)25-18/h2-6,8-9,11-13H,7,10H2,1H3. The van der Waals surface area contributed by atoms with Crippen LogP contribution in [0.5, 0.6) is 0 Å². The van der Waals surface area contributed by atoms with Gasteiger partial charge in [-0.3, -0.25) is 14.8 Å². The first-order valence-corrected chi connectivity index (χ1v) is 10.00. The van der Waals surface area contributed by atoms with Crippen LogP contribution in [0.4, 0.5) is 5.69 Å². The number of hydrogen-bond donors (Lipinski definition) is 0. The van der Waals surface area contributed by atoms with E-state index in [4.69, 9.17) is 0 Å². The predicted molar refractivity (Wildman–Crippen MR) is 114 cm³/mol. The number of fused-ring (bicyclic) bond motifs is 2. The highest BCUT2D eigenvalue weighted by atomic mass is 79.9. The Hall–Kier alpha value is -3.26. The van der Waals surface area contributed by atoms with Crippen molar-refractivity contribution in [2.75, 3.05) is 18.6 Å². The number of para-hydroxylation sites is 1. The molecule has 0 saturated carbocycles. The molecular weight excluding hydrogens is 432 g/mol. The summed E-state index contributed by atoms with van der Waals surface area (Å²) >= 11 is 3.38. The van der Waals surface area contributed by atoms with Gasteiger partial charge in [-0.25, -0.2) is 14.5 Å². The molecule has 0 radical (unpaired) electrons. The summed E-state index contributed by atoms with van der Waals surface area (Å²) in [5.41, 5.74) is 5.39. The lowest BCUT2D eigenvalue weighted by molar-refractivity contribution is 0.0732. The van der Waals surface area contributed by atoms with Gasteiger partial charge in [0.15, 0.2) is 11.3 Å². The van der Waals surface area contributed by atoms with Gasteiger partial charge in [-0.15, -0.1) is 0 Å². The maximum absolute atomic E-state index is 13.3. The molecule has 5 rings (SSSR count).